The minimum absolute atomic E-state index is 0.0360. The maximum absolute atomic E-state index is 12.3. The van der Waals surface area contributed by atoms with Crippen LogP contribution < -0.4 is 0 Å². The van der Waals surface area contributed by atoms with Crippen LogP contribution in [0, 0.1) is 0 Å². The number of hydrogen-bond acceptors (Lipinski definition) is 3. The third-order valence-corrected chi connectivity index (χ3v) is 3.50. The summed E-state index contributed by atoms with van der Waals surface area (Å²) in [5.41, 5.74) is -0.110. The first-order valence-electron chi connectivity index (χ1n) is 6.67. The average Bonchev–Trinajstić information content (AvgIpc) is 2.96. The molecule has 100 valence electrons. The van der Waals surface area contributed by atoms with E-state index < -0.39 is 0 Å². The van der Waals surface area contributed by atoms with Crippen LogP contribution in [0.1, 0.15) is 63.4 Å². The second-order valence-electron chi connectivity index (χ2n) is 5.96. The lowest BCUT2D eigenvalue weighted by atomic mass is 9.96. The number of likely N-dealkylation sites (tertiary alicyclic amines) is 1. The van der Waals surface area contributed by atoms with Crippen LogP contribution >= 0.6 is 0 Å². The zero-order valence-electron chi connectivity index (χ0n) is 11.7. The predicted octanol–water partition coefficient (Wildman–Crippen LogP) is 2.12. The fourth-order valence-electron chi connectivity index (χ4n) is 2.35. The van der Waals surface area contributed by atoms with E-state index in [1.54, 1.807) is 0 Å². The molecule has 1 aromatic heterocycles. The highest BCUT2D eigenvalue weighted by Gasteiger charge is 2.31. The van der Waals surface area contributed by atoms with E-state index >= 15 is 0 Å². The summed E-state index contributed by atoms with van der Waals surface area (Å²) < 4.78 is 0. The summed E-state index contributed by atoms with van der Waals surface area (Å²) in [6, 6.07) is 0.356. The van der Waals surface area contributed by atoms with Gasteiger partial charge in [0.15, 0.2) is 0 Å². The first-order valence-corrected chi connectivity index (χ1v) is 6.67. The van der Waals surface area contributed by atoms with E-state index in [1.165, 1.54) is 0 Å². The number of amides is 1. The molecule has 1 atom stereocenters. The summed E-state index contributed by atoms with van der Waals surface area (Å²) in [4.78, 5) is 18.6. The lowest BCUT2D eigenvalue weighted by molar-refractivity contribution is 0.0721. The Morgan fingerprint density at radius 2 is 2.22 bits per heavy atom. The van der Waals surface area contributed by atoms with Crippen molar-refractivity contribution >= 4 is 5.91 Å². The first-order chi connectivity index (χ1) is 8.43. The molecule has 1 amide bonds. The molecule has 1 aliphatic heterocycles. The van der Waals surface area contributed by atoms with E-state index in [2.05, 4.69) is 22.1 Å². The monoisotopic (exact) mass is 250 g/mol. The van der Waals surface area contributed by atoms with E-state index in [9.17, 15) is 4.79 Å². The van der Waals surface area contributed by atoms with Gasteiger partial charge in [0.1, 0.15) is 5.82 Å². The van der Waals surface area contributed by atoms with Crippen LogP contribution in [0.25, 0.3) is 0 Å². The molecule has 0 radical (unpaired) electrons. The molecule has 0 saturated carbocycles. The van der Waals surface area contributed by atoms with Crippen molar-refractivity contribution in [2.24, 2.45) is 0 Å². The molecule has 1 aromatic rings. The van der Waals surface area contributed by atoms with Crippen molar-refractivity contribution in [2.75, 3.05) is 6.54 Å². The Kier molecular flexibility index (Phi) is 3.41. The Balaban J connectivity index is 2.16. The number of H-pyrrole nitrogens is 1. The standard InChI is InChI=1S/C13H22N4O/c1-5-9-7-6-8-17(9)11(18)10-14-12(16-15-10)13(2,3)4/h9H,5-8H2,1-4H3,(H,14,15,16). The molecule has 1 aliphatic rings. The summed E-state index contributed by atoms with van der Waals surface area (Å²) in [6.07, 6.45) is 3.18. The van der Waals surface area contributed by atoms with Crippen LogP contribution in [0.4, 0.5) is 0 Å². The highest BCUT2D eigenvalue weighted by molar-refractivity contribution is 5.90. The molecular formula is C13H22N4O. The van der Waals surface area contributed by atoms with Gasteiger partial charge in [-0.2, -0.15) is 0 Å². The number of aromatic amines is 1. The van der Waals surface area contributed by atoms with Crippen LogP contribution in [0.15, 0.2) is 0 Å². The van der Waals surface area contributed by atoms with Gasteiger partial charge in [0.05, 0.1) is 0 Å². The summed E-state index contributed by atoms with van der Waals surface area (Å²) in [5, 5.41) is 6.94. The van der Waals surface area contributed by atoms with Gasteiger partial charge in [0, 0.05) is 18.0 Å². The predicted molar refractivity (Wildman–Crippen MR) is 69.4 cm³/mol. The first kappa shape index (κ1) is 13.1. The number of hydrogen-bond donors (Lipinski definition) is 1. The summed E-state index contributed by atoms with van der Waals surface area (Å²) in [7, 11) is 0. The Labute approximate surface area is 108 Å². The third kappa shape index (κ3) is 2.40. The van der Waals surface area contributed by atoms with Crippen LogP contribution in [0.3, 0.4) is 0 Å². The minimum atomic E-state index is -0.110. The SMILES string of the molecule is CCC1CCCN1C(=O)c1n[nH]c(C(C)(C)C)n1. The van der Waals surface area contributed by atoms with Gasteiger partial charge >= 0.3 is 0 Å². The van der Waals surface area contributed by atoms with E-state index in [1.807, 2.05) is 25.7 Å². The molecule has 1 unspecified atom stereocenters. The van der Waals surface area contributed by atoms with Crippen molar-refractivity contribution in [1.82, 2.24) is 20.1 Å². The molecular weight excluding hydrogens is 228 g/mol. The molecule has 0 spiro atoms. The van der Waals surface area contributed by atoms with Gasteiger partial charge in [0.2, 0.25) is 5.82 Å². The second-order valence-corrected chi connectivity index (χ2v) is 5.96. The highest BCUT2D eigenvalue weighted by Crippen LogP contribution is 2.22. The highest BCUT2D eigenvalue weighted by atomic mass is 16.2. The number of carbonyl (C=O) groups is 1. The van der Waals surface area contributed by atoms with Gasteiger partial charge in [0.25, 0.3) is 5.91 Å². The van der Waals surface area contributed by atoms with E-state index in [4.69, 9.17) is 0 Å². The molecule has 2 heterocycles. The van der Waals surface area contributed by atoms with E-state index in [0.717, 1.165) is 31.6 Å². The molecule has 2 rings (SSSR count). The molecule has 1 fully saturated rings. The Bertz CT molecular complexity index is 432. The largest absolute Gasteiger partial charge is 0.333 e. The zero-order valence-corrected chi connectivity index (χ0v) is 11.7. The zero-order chi connectivity index (χ0) is 13.3. The number of nitrogens with one attached hydrogen (secondary N) is 1. The number of nitrogens with zero attached hydrogens (tertiary/aromatic N) is 3. The van der Waals surface area contributed by atoms with Crippen molar-refractivity contribution in [2.45, 2.75) is 58.4 Å². The molecule has 0 aromatic carbocycles. The molecule has 1 saturated heterocycles. The molecule has 0 aliphatic carbocycles. The fraction of sp³-hybridized carbons (Fsp3) is 0.769. The summed E-state index contributed by atoms with van der Waals surface area (Å²) in [6.45, 7) is 9.09. The molecule has 18 heavy (non-hydrogen) atoms. The lowest BCUT2D eigenvalue weighted by Gasteiger charge is -2.22. The van der Waals surface area contributed by atoms with Crippen molar-refractivity contribution in [3.05, 3.63) is 11.6 Å². The van der Waals surface area contributed by atoms with Gasteiger partial charge in [-0.3, -0.25) is 9.89 Å². The Morgan fingerprint density at radius 1 is 1.50 bits per heavy atom. The normalized spacial score (nSPS) is 20.4. The van der Waals surface area contributed by atoms with Gasteiger partial charge in [-0.05, 0) is 19.3 Å². The lowest BCUT2D eigenvalue weighted by Crippen LogP contribution is -2.35. The second kappa shape index (κ2) is 4.71. The van der Waals surface area contributed by atoms with Crippen LogP contribution in [0.2, 0.25) is 0 Å². The van der Waals surface area contributed by atoms with Crippen LogP contribution in [-0.2, 0) is 5.41 Å². The summed E-state index contributed by atoms with van der Waals surface area (Å²) >= 11 is 0. The van der Waals surface area contributed by atoms with Gasteiger partial charge in [-0.25, -0.2) is 4.98 Å². The number of carbonyl (C=O) groups excluding carboxylic acids is 1. The Hall–Kier alpha value is -1.39. The van der Waals surface area contributed by atoms with E-state index in [0.29, 0.717) is 11.9 Å². The maximum Gasteiger partial charge on any atom is 0.293 e. The molecule has 5 nitrogen and oxygen atoms in total. The average molecular weight is 250 g/mol. The third-order valence-electron chi connectivity index (χ3n) is 3.50. The molecule has 5 heteroatoms. The quantitative estimate of drug-likeness (QED) is 0.874. The number of rotatable bonds is 2. The molecule has 1 N–H and O–H groups in total. The van der Waals surface area contributed by atoms with E-state index in [-0.39, 0.29) is 11.3 Å². The van der Waals surface area contributed by atoms with Crippen molar-refractivity contribution in [1.29, 1.82) is 0 Å². The fourth-order valence-corrected chi connectivity index (χ4v) is 2.35. The topological polar surface area (TPSA) is 61.9 Å². The van der Waals surface area contributed by atoms with Crippen LogP contribution in [-0.4, -0.2) is 38.6 Å². The van der Waals surface area contributed by atoms with Gasteiger partial charge < -0.3 is 4.90 Å². The maximum atomic E-state index is 12.3. The Morgan fingerprint density at radius 3 is 2.78 bits per heavy atom. The van der Waals surface area contributed by atoms with Crippen molar-refractivity contribution in [3.63, 3.8) is 0 Å². The van der Waals surface area contributed by atoms with Gasteiger partial charge in [-0.15, -0.1) is 5.10 Å². The smallest absolute Gasteiger partial charge is 0.293 e. The van der Waals surface area contributed by atoms with Crippen LogP contribution in [0.5, 0.6) is 0 Å². The van der Waals surface area contributed by atoms with Crippen molar-refractivity contribution in [3.8, 4) is 0 Å². The minimum Gasteiger partial charge on any atom is -0.333 e. The van der Waals surface area contributed by atoms with Crippen molar-refractivity contribution < 1.29 is 4.79 Å². The number of aromatic nitrogens is 3. The molecule has 0 bridgehead atoms. The van der Waals surface area contributed by atoms with Gasteiger partial charge in [-0.1, -0.05) is 27.7 Å². The summed E-state index contributed by atoms with van der Waals surface area (Å²) in [5.74, 6) is 1.03.